The van der Waals surface area contributed by atoms with Gasteiger partial charge in [-0.25, -0.2) is 4.39 Å². The van der Waals surface area contributed by atoms with Crippen molar-refractivity contribution in [1.82, 2.24) is 5.32 Å². The van der Waals surface area contributed by atoms with E-state index < -0.39 is 0 Å². The van der Waals surface area contributed by atoms with E-state index in [4.69, 9.17) is 6.42 Å². The van der Waals surface area contributed by atoms with Crippen LogP contribution >= 0.6 is 22.6 Å². The van der Waals surface area contributed by atoms with Gasteiger partial charge < -0.3 is 5.32 Å². The smallest absolute Gasteiger partial charge is 0.124 e. The number of nitrogens with one attached hydrogen (secondary N) is 1. The van der Waals surface area contributed by atoms with Gasteiger partial charge in [-0.1, -0.05) is 13.0 Å². The molecule has 3 heteroatoms. The van der Waals surface area contributed by atoms with Gasteiger partial charge in [-0.05, 0) is 66.1 Å². The van der Waals surface area contributed by atoms with Crippen molar-refractivity contribution in [2.24, 2.45) is 0 Å². The number of terminal acetylenes is 1. The third-order valence-corrected chi connectivity index (χ3v) is 3.73. The minimum atomic E-state index is -0.180. The Labute approximate surface area is 123 Å². The molecule has 98 valence electrons. The highest BCUT2D eigenvalue weighted by molar-refractivity contribution is 14.1. The Kier molecular flexibility index (Phi) is 7.29. The summed E-state index contributed by atoms with van der Waals surface area (Å²) in [5.74, 6) is 2.49. The predicted molar refractivity (Wildman–Crippen MR) is 82.8 cm³/mol. The number of rotatable bonds is 7. The van der Waals surface area contributed by atoms with Crippen LogP contribution in [-0.4, -0.2) is 6.54 Å². The number of benzene rings is 1. The fraction of sp³-hybridized carbons (Fsp3) is 0.467. The minimum Gasteiger partial charge on any atom is -0.310 e. The molecule has 0 bridgehead atoms. The van der Waals surface area contributed by atoms with E-state index >= 15 is 0 Å². The molecule has 0 saturated carbocycles. The second-order valence-corrected chi connectivity index (χ2v) is 5.43. The summed E-state index contributed by atoms with van der Waals surface area (Å²) in [6.07, 6.45) is 9.15. The molecule has 0 saturated heterocycles. The van der Waals surface area contributed by atoms with Crippen LogP contribution in [0.3, 0.4) is 0 Å². The first kappa shape index (κ1) is 15.5. The summed E-state index contributed by atoms with van der Waals surface area (Å²) in [4.78, 5) is 0. The summed E-state index contributed by atoms with van der Waals surface area (Å²) in [5, 5.41) is 3.51. The first-order chi connectivity index (χ1) is 8.69. The quantitative estimate of drug-likeness (QED) is 0.436. The average molecular weight is 359 g/mol. The Morgan fingerprint density at radius 3 is 2.89 bits per heavy atom. The molecule has 0 heterocycles. The zero-order valence-corrected chi connectivity index (χ0v) is 12.8. The minimum absolute atomic E-state index is 0.180. The van der Waals surface area contributed by atoms with Gasteiger partial charge in [0.15, 0.2) is 0 Å². The van der Waals surface area contributed by atoms with Gasteiger partial charge in [0.2, 0.25) is 0 Å². The first-order valence-corrected chi connectivity index (χ1v) is 7.38. The molecule has 0 aliphatic carbocycles. The van der Waals surface area contributed by atoms with Crippen molar-refractivity contribution in [2.75, 3.05) is 6.54 Å². The molecule has 1 aromatic carbocycles. The fourth-order valence-electron chi connectivity index (χ4n) is 1.88. The summed E-state index contributed by atoms with van der Waals surface area (Å²) in [6.45, 7) is 3.11. The molecule has 0 fully saturated rings. The largest absolute Gasteiger partial charge is 0.310 e. The van der Waals surface area contributed by atoms with Gasteiger partial charge in [0, 0.05) is 16.0 Å². The van der Waals surface area contributed by atoms with Gasteiger partial charge in [-0.3, -0.25) is 0 Å². The predicted octanol–water partition coefficient (Wildman–Crippen LogP) is 4.27. The molecular formula is C15H19FIN. The molecule has 1 atom stereocenters. The van der Waals surface area contributed by atoms with Crippen molar-refractivity contribution < 1.29 is 4.39 Å². The standard InChI is InChI=1S/C15H19FIN/c1-3-5-6-7-15(18-10-4-2)13-9-8-12(16)11-14(13)17/h1,8-9,11,15,18H,4-7,10H2,2H3. The highest BCUT2D eigenvalue weighted by Gasteiger charge is 2.13. The molecule has 1 rings (SSSR count). The Hall–Kier alpha value is -0.600. The molecule has 0 aliphatic rings. The lowest BCUT2D eigenvalue weighted by atomic mass is 10.0. The van der Waals surface area contributed by atoms with Crippen molar-refractivity contribution in [1.29, 1.82) is 0 Å². The van der Waals surface area contributed by atoms with E-state index in [9.17, 15) is 4.39 Å². The second kappa shape index (κ2) is 8.49. The monoisotopic (exact) mass is 359 g/mol. The molecule has 0 aliphatic heterocycles. The van der Waals surface area contributed by atoms with E-state index in [1.165, 1.54) is 11.6 Å². The molecule has 18 heavy (non-hydrogen) atoms. The maximum atomic E-state index is 13.1. The summed E-state index contributed by atoms with van der Waals surface area (Å²) < 4.78 is 14.1. The summed E-state index contributed by atoms with van der Waals surface area (Å²) in [7, 11) is 0. The topological polar surface area (TPSA) is 12.0 Å². The van der Waals surface area contributed by atoms with E-state index in [0.717, 1.165) is 35.8 Å². The van der Waals surface area contributed by atoms with Gasteiger partial charge in [-0.2, -0.15) is 0 Å². The lowest BCUT2D eigenvalue weighted by molar-refractivity contribution is 0.485. The summed E-state index contributed by atoms with van der Waals surface area (Å²) in [6, 6.07) is 5.25. The molecule has 0 aromatic heterocycles. The van der Waals surface area contributed by atoms with Gasteiger partial charge >= 0.3 is 0 Å². The van der Waals surface area contributed by atoms with Crippen LogP contribution in [0.15, 0.2) is 18.2 Å². The van der Waals surface area contributed by atoms with Gasteiger partial charge in [0.1, 0.15) is 5.82 Å². The molecule has 1 N–H and O–H groups in total. The van der Waals surface area contributed by atoms with Gasteiger partial charge in [0.25, 0.3) is 0 Å². The molecule has 0 spiro atoms. The van der Waals surface area contributed by atoms with Crippen LogP contribution in [-0.2, 0) is 0 Å². The van der Waals surface area contributed by atoms with E-state index in [1.54, 1.807) is 6.07 Å². The number of unbranched alkanes of at least 4 members (excludes halogenated alkanes) is 1. The van der Waals surface area contributed by atoms with Crippen molar-refractivity contribution in [3.63, 3.8) is 0 Å². The zero-order valence-electron chi connectivity index (χ0n) is 10.7. The van der Waals surface area contributed by atoms with E-state index in [-0.39, 0.29) is 11.9 Å². The molecule has 0 amide bonds. The SMILES string of the molecule is C#CCCCC(NCCC)c1ccc(F)cc1I. The van der Waals surface area contributed by atoms with Crippen molar-refractivity contribution in [3.05, 3.63) is 33.1 Å². The Morgan fingerprint density at radius 2 is 2.28 bits per heavy atom. The zero-order chi connectivity index (χ0) is 13.4. The number of halogens is 2. The van der Waals surface area contributed by atoms with Crippen LogP contribution in [0.1, 0.15) is 44.2 Å². The van der Waals surface area contributed by atoms with Crippen LogP contribution in [0.2, 0.25) is 0 Å². The Morgan fingerprint density at radius 1 is 1.50 bits per heavy atom. The number of hydrogen-bond acceptors (Lipinski definition) is 1. The van der Waals surface area contributed by atoms with Crippen LogP contribution < -0.4 is 5.32 Å². The molecular weight excluding hydrogens is 340 g/mol. The van der Waals surface area contributed by atoms with E-state index in [2.05, 4.69) is 40.8 Å². The molecule has 1 nitrogen and oxygen atoms in total. The lowest BCUT2D eigenvalue weighted by Gasteiger charge is -2.20. The van der Waals surface area contributed by atoms with Crippen molar-refractivity contribution in [3.8, 4) is 12.3 Å². The summed E-state index contributed by atoms with van der Waals surface area (Å²) >= 11 is 2.19. The van der Waals surface area contributed by atoms with Crippen LogP contribution in [0, 0.1) is 21.7 Å². The highest BCUT2D eigenvalue weighted by Crippen LogP contribution is 2.25. The van der Waals surface area contributed by atoms with E-state index in [0.29, 0.717) is 0 Å². The highest BCUT2D eigenvalue weighted by atomic mass is 127. The van der Waals surface area contributed by atoms with Crippen LogP contribution in [0.5, 0.6) is 0 Å². The third kappa shape index (κ3) is 4.95. The van der Waals surface area contributed by atoms with E-state index in [1.807, 2.05) is 6.07 Å². The summed E-state index contributed by atoms with van der Waals surface area (Å²) in [5.41, 5.74) is 1.17. The maximum absolute atomic E-state index is 13.1. The first-order valence-electron chi connectivity index (χ1n) is 6.30. The lowest BCUT2D eigenvalue weighted by Crippen LogP contribution is -2.23. The molecule has 1 unspecified atom stereocenters. The van der Waals surface area contributed by atoms with Crippen LogP contribution in [0.4, 0.5) is 4.39 Å². The fourth-order valence-corrected chi connectivity index (χ4v) is 2.73. The van der Waals surface area contributed by atoms with Crippen LogP contribution in [0.25, 0.3) is 0 Å². The normalized spacial score (nSPS) is 12.1. The van der Waals surface area contributed by atoms with Crippen molar-refractivity contribution in [2.45, 2.75) is 38.6 Å². The van der Waals surface area contributed by atoms with Gasteiger partial charge in [0.05, 0.1) is 0 Å². The molecule has 0 radical (unpaired) electrons. The molecule has 1 aromatic rings. The average Bonchev–Trinajstić information content (AvgIpc) is 2.34. The maximum Gasteiger partial charge on any atom is 0.124 e. The Bertz CT molecular complexity index is 411. The van der Waals surface area contributed by atoms with Crippen molar-refractivity contribution >= 4 is 22.6 Å². The number of hydrogen-bond donors (Lipinski definition) is 1. The van der Waals surface area contributed by atoms with Gasteiger partial charge in [-0.15, -0.1) is 12.3 Å². The Balaban J connectivity index is 2.76. The third-order valence-electron chi connectivity index (χ3n) is 2.79. The second-order valence-electron chi connectivity index (χ2n) is 4.27.